The zero-order valence-corrected chi connectivity index (χ0v) is 19.0. The molecule has 0 bridgehead atoms. The van der Waals surface area contributed by atoms with Crippen molar-refractivity contribution in [2.24, 2.45) is 0 Å². The fraction of sp³-hybridized carbons (Fsp3) is 0.125. The molecule has 5 aromatic rings. The van der Waals surface area contributed by atoms with Crippen LogP contribution < -0.4 is 5.32 Å². The van der Waals surface area contributed by atoms with E-state index in [0.29, 0.717) is 11.7 Å². The van der Waals surface area contributed by atoms with E-state index in [-0.39, 0.29) is 11.7 Å². The molecular formula is C24H21N5OS2. The number of amides is 1. The third-order valence-corrected chi connectivity index (χ3v) is 7.00. The first-order chi connectivity index (χ1) is 15.7. The molecule has 160 valence electrons. The maximum absolute atomic E-state index is 12.4. The highest BCUT2D eigenvalue weighted by Gasteiger charge is 2.20. The van der Waals surface area contributed by atoms with Crippen molar-refractivity contribution >= 4 is 39.9 Å². The lowest BCUT2D eigenvalue weighted by Crippen LogP contribution is -2.24. The Morgan fingerprint density at radius 1 is 1.09 bits per heavy atom. The molecule has 2 N–H and O–H groups in total. The van der Waals surface area contributed by atoms with Gasteiger partial charge in [-0.1, -0.05) is 54.2 Å². The van der Waals surface area contributed by atoms with Gasteiger partial charge in [0.15, 0.2) is 11.0 Å². The fourth-order valence-electron chi connectivity index (χ4n) is 3.61. The summed E-state index contributed by atoms with van der Waals surface area (Å²) in [6, 6.07) is 20.3. The molecule has 32 heavy (non-hydrogen) atoms. The number of carbonyl (C=O) groups excluding carboxylic acids is 1. The molecule has 0 saturated heterocycles. The second-order valence-corrected chi connectivity index (χ2v) is 9.30. The number of thiophene rings is 1. The number of aromatic amines is 1. The summed E-state index contributed by atoms with van der Waals surface area (Å²) >= 11 is 3.02. The smallest absolute Gasteiger partial charge is 0.230 e. The maximum atomic E-state index is 12.4. The Labute approximate surface area is 193 Å². The van der Waals surface area contributed by atoms with Crippen LogP contribution in [0.2, 0.25) is 0 Å². The Morgan fingerprint density at radius 3 is 2.78 bits per heavy atom. The molecule has 0 aliphatic rings. The van der Waals surface area contributed by atoms with Gasteiger partial charge < -0.3 is 10.3 Å². The van der Waals surface area contributed by atoms with E-state index in [1.807, 2.05) is 58.6 Å². The van der Waals surface area contributed by atoms with Crippen LogP contribution in [-0.4, -0.2) is 31.4 Å². The van der Waals surface area contributed by atoms with Crippen molar-refractivity contribution in [1.82, 2.24) is 25.1 Å². The summed E-state index contributed by atoms with van der Waals surface area (Å²) in [6.45, 7) is 2.61. The normalized spacial score (nSPS) is 11.2. The van der Waals surface area contributed by atoms with Crippen molar-refractivity contribution in [3.63, 3.8) is 0 Å². The molecule has 2 aromatic carbocycles. The van der Waals surface area contributed by atoms with Gasteiger partial charge in [-0.05, 0) is 36.1 Å². The zero-order valence-electron chi connectivity index (χ0n) is 17.4. The highest BCUT2D eigenvalue weighted by atomic mass is 32.2. The minimum Gasteiger partial charge on any atom is -0.360 e. The molecule has 6 nitrogen and oxygen atoms in total. The predicted molar refractivity (Wildman–Crippen MR) is 130 cm³/mol. The Kier molecular flexibility index (Phi) is 5.79. The van der Waals surface area contributed by atoms with Crippen molar-refractivity contribution in [3.05, 3.63) is 82.7 Å². The molecule has 8 heteroatoms. The molecule has 0 aliphatic carbocycles. The Hall–Kier alpha value is -3.36. The van der Waals surface area contributed by atoms with E-state index in [4.69, 9.17) is 0 Å². The second-order valence-electron chi connectivity index (χ2n) is 7.32. The number of thioether (sulfide) groups is 1. The first-order valence-electron chi connectivity index (χ1n) is 10.2. The van der Waals surface area contributed by atoms with Crippen LogP contribution >= 0.6 is 23.1 Å². The minimum absolute atomic E-state index is 0.0311. The summed E-state index contributed by atoms with van der Waals surface area (Å²) in [5, 5.41) is 15.7. The van der Waals surface area contributed by atoms with Crippen molar-refractivity contribution in [1.29, 1.82) is 0 Å². The number of rotatable bonds is 7. The topological polar surface area (TPSA) is 75.6 Å². The number of nitrogens with one attached hydrogen (secondary N) is 2. The first-order valence-corrected chi connectivity index (χ1v) is 12.1. The summed E-state index contributed by atoms with van der Waals surface area (Å²) in [5.41, 5.74) is 4.13. The van der Waals surface area contributed by atoms with Gasteiger partial charge in [0.05, 0.1) is 18.0 Å². The molecule has 3 aromatic heterocycles. The zero-order chi connectivity index (χ0) is 21.9. The fourth-order valence-corrected chi connectivity index (χ4v) is 5.03. The van der Waals surface area contributed by atoms with Gasteiger partial charge in [0.25, 0.3) is 0 Å². The number of aryl methyl sites for hydroxylation is 1. The van der Waals surface area contributed by atoms with Crippen LogP contribution in [0.15, 0.2) is 77.4 Å². The lowest BCUT2D eigenvalue weighted by Gasteiger charge is -2.12. The third-order valence-electron chi connectivity index (χ3n) is 5.19. The maximum Gasteiger partial charge on any atom is 0.230 e. The average molecular weight is 460 g/mol. The number of aromatic nitrogens is 4. The summed E-state index contributed by atoms with van der Waals surface area (Å²) in [6.07, 6.45) is 1.96. The van der Waals surface area contributed by atoms with E-state index in [2.05, 4.69) is 45.6 Å². The molecule has 5 rings (SSSR count). The van der Waals surface area contributed by atoms with E-state index < -0.39 is 0 Å². The van der Waals surface area contributed by atoms with E-state index in [9.17, 15) is 4.79 Å². The number of benzene rings is 2. The summed E-state index contributed by atoms with van der Waals surface area (Å²) in [5.74, 6) is 0.984. The largest absolute Gasteiger partial charge is 0.360 e. The van der Waals surface area contributed by atoms with Crippen LogP contribution in [0.3, 0.4) is 0 Å². The SMILES string of the molecule is Cc1ccccc1-n1c(SCC(=O)NCc2cccs2)nnc1-c1c[nH]c2ccccc12. The molecule has 0 aliphatic heterocycles. The second kappa shape index (κ2) is 9.02. The molecule has 0 saturated carbocycles. The van der Waals surface area contributed by atoms with E-state index >= 15 is 0 Å². The van der Waals surface area contributed by atoms with Crippen LogP contribution in [0, 0.1) is 6.92 Å². The van der Waals surface area contributed by atoms with Gasteiger partial charge in [-0.15, -0.1) is 21.5 Å². The van der Waals surface area contributed by atoms with Crippen LogP contribution in [0.5, 0.6) is 0 Å². The van der Waals surface area contributed by atoms with Gasteiger partial charge in [0, 0.05) is 27.5 Å². The van der Waals surface area contributed by atoms with Crippen molar-refractivity contribution in [2.45, 2.75) is 18.6 Å². The van der Waals surface area contributed by atoms with Crippen molar-refractivity contribution in [3.8, 4) is 17.1 Å². The number of para-hydroxylation sites is 2. The Morgan fingerprint density at radius 2 is 1.94 bits per heavy atom. The molecule has 3 heterocycles. The molecule has 0 fully saturated rings. The van der Waals surface area contributed by atoms with Crippen LogP contribution in [0.25, 0.3) is 28.0 Å². The van der Waals surface area contributed by atoms with Gasteiger partial charge in [0.2, 0.25) is 5.91 Å². The molecule has 0 spiro atoms. The van der Waals surface area contributed by atoms with Crippen LogP contribution in [0.4, 0.5) is 0 Å². The number of hydrogen-bond donors (Lipinski definition) is 2. The highest BCUT2D eigenvalue weighted by Crippen LogP contribution is 2.33. The van der Waals surface area contributed by atoms with Crippen molar-refractivity contribution in [2.75, 3.05) is 5.75 Å². The number of nitrogens with zero attached hydrogens (tertiary/aromatic N) is 3. The summed E-state index contributed by atoms with van der Waals surface area (Å²) < 4.78 is 2.04. The van der Waals surface area contributed by atoms with Gasteiger partial charge in [-0.25, -0.2) is 0 Å². The highest BCUT2D eigenvalue weighted by molar-refractivity contribution is 7.99. The van der Waals surface area contributed by atoms with Crippen molar-refractivity contribution < 1.29 is 4.79 Å². The lowest BCUT2D eigenvalue weighted by atomic mass is 10.1. The molecular weight excluding hydrogens is 438 g/mol. The van der Waals surface area contributed by atoms with Crippen LogP contribution in [0.1, 0.15) is 10.4 Å². The molecule has 0 radical (unpaired) electrons. The van der Waals surface area contributed by atoms with E-state index in [0.717, 1.165) is 38.4 Å². The Bertz CT molecular complexity index is 1370. The summed E-state index contributed by atoms with van der Waals surface area (Å²) in [4.78, 5) is 16.9. The van der Waals surface area contributed by atoms with Gasteiger partial charge in [-0.3, -0.25) is 9.36 Å². The number of fused-ring (bicyclic) bond motifs is 1. The number of hydrogen-bond acceptors (Lipinski definition) is 5. The van der Waals surface area contributed by atoms with E-state index in [1.165, 1.54) is 11.8 Å². The van der Waals surface area contributed by atoms with Gasteiger partial charge >= 0.3 is 0 Å². The lowest BCUT2D eigenvalue weighted by molar-refractivity contribution is -0.118. The monoisotopic (exact) mass is 459 g/mol. The van der Waals surface area contributed by atoms with Gasteiger partial charge in [0.1, 0.15) is 0 Å². The van der Waals surface area contributed by atoms with Crippen LogP contribution in [-0.2, 0) is 11.3 Å². The number of carbonyl (C=O) groups is 1. The molecule has 0 unspecified atom stereocenters. The first kappa shape index (κ1) is 20.5. The van der Waals surface area contributed by atoms with E-state index in [1.54, 1.807) is 11.3 Å². The quantitative estimate of drug-likeness (QED) is 0.328. The van der Waals surface area contributed by atoms with Gasteiger partial charge in [-0.2, -0.15) is 0 Å². The number of H-pyrrole nitrogens is 1. The predicted octanol–water partition coefficient (Wildman–Crippen LogP) is 5.19. The molecule has 0 atom stereocenters. The molecule has 1 amide bonds. The summed E-state index contributed by atoms with van der Waals surface area (Å²) in [7, 11) is 0. The average Bonchev–Trinajstić information content (AvgIpc) is 3.56. The third kappa shape index (κ3) is 4.06. The standard InChI is InChI=1S/C24H21N5OS2/c1-16-7-2-5-11-21(16)29-23(19-14-25-20-10-4-3-9-18(19)20)27-28-24(29)32-15-22(30)26-13-17-8-6-12-31-17/h2-12,14,25H,13,15H2,1H3,(H,26,30). The minimum atomic E-state index is -0.0311. The Balaban J connectivity index is 1.46.